The highest BCUT2D eigenvalue weighted by atomic mass is 16.5. The van der Waals surface area contributed by atoms with Gasteiger partial charge in [-0.05, 0) is 19.5 Å². The molecule has 1 saturated heterocycles. The first kappa shape index (κ1) is 13.1. The quantitative estimate of drug-likeness (QED) is 0.868. The number of ether oxygens (including phenoxy) is 1. The lowest BCUT2D eigenvalue weighted by Gasteiger charge is -2.30. The van der Waals surface area contributed by atoms with Gasteiger partial charge in [-0.2, -0.15) is 0 Å². The maximum absolute atomic E-state index is 11.7. The van der Waals surface area contributed by atoms with Gasteiger partial charge in [-0.25, -0.2) is 0 Å². The zero-order chi connectivity index (χ0) is 13.0. The summed E-state index contributed by atoms with van der Waals surface area (Å²) in [6, 6.07) is 8.59. The highest BCUT2D eigenvalue weighted by Gasteiger charge is 2.22. The Hall–Kier alpha value is -1.39. The molecule has 0 aliphatic carbocycles. The minimum atomic E-state index is 0.0774. The van der Waals surface area contributed by atoms with Crippen molar-refractivity contribution in [2.24, 2.45) is 0 Å². The van der Waals surface area contributed by atoms with Crippen LogP contribution in [-0.4, -0.2) is 44.2 Å². The summed E-state index contributed by atoms with van der Waals surface area (Å²) in [6.07, 6.45) is 0. The van der Waals surface area contributed by atoms with Gasteiger partial charge in [0.05, 0.1) is 6.61 Å². The second-order valence-corrected chi connectivity index (χ2v) is 4.64. The molecular formula is C14H20N2O2. The minimum absolute atomic E-state index is 0.0774. The van der Waals surface area contributed by atoms with Crippen LogP contribution in [0.4, 0.5) is 0 Å². The van der Waals surface area contributed by atoms with Crippen LogP contribution in [0.2, 0.25) is 0 Å². The van der Waals surface area contributed by atoms with Crippen LogP contribution in [0.5, 0.6) is 0 Å². The number of nitrogens with one attached hydrogen (secondary N) is 1. The molecule has 1 aromatic rings. The Morgan fingerprint density at radius 1 is 1.39 bits per heavy atom. The van der Waals surface area contributed by atoms with Crippen molar-refractivity contribution in [3.05, 3.63) is 35.4 Å². The second-order valence-electron chi connectivity index (χ2n) is 4.64. The van der Waals surface area contributed by atoms with E-state index in [1.807, 2.05) is 11.9 Å². The van der Waals surface area contributed by atoms with E-state index in [4.69, 9.17) is 4.74 Å². The van der Waals surface area contributed by atoms with E-state index in [1.54, 1.807) is 0 Å². The molecule has 0 spiro atoms. The van der Waals surface area contributed by atoms with Crippen molar-refractivity contribution in [2.45, 2.75) is 13.0 Å². The van der Waals surface area contributed by atoms with Crippen molar-refractivity contribution in [3.8, 4) is 0 Å². The third kappa shape index (κ3) is 3.09. The van der Waals surface area contributed by atoms with E-state index in [2.05, 4.69) is 36.5 Å². The number of rotatable bonds is 4. The fraction of sp³-hybridized carbons (Fsp3) is 0.500. The van der Waals surface area contributed by atoms with E-state index < -0.39 is 0 Å². The number of carbonyl (C=O) groups excluding carboxylic acids is 1. The summed E-state index contributed by atoms with van der Waals surface area (Å²) in [7, 11) is 1.93. The number of amides is 1. The average molecular weight is 248 g/mol. The number of likely N-dealkylation sites (N-methyl/N-ethyl adjacent to an activating group) is 1. The molecule has 1 N–H and O–H groups in total. The van der Waals surface area contributed by atoms with Crippen molar-refractivity contribution in [1.82, 2.24) is 10.2 Å². The van der Waals surface area contributed by atoms with E-state index >= 15 is 0 Å². The predicted molar refractivity (Wildman–Crippen MR) is 70.4 cm³/mol. The molecule has 1 amide bonds. The fourth-order valence-corrected chi connectivity index (χ4v) is 2.13. The van der Waals surface area contributed by atoms with E-state index in [0.717, 1.165) is 0 Å². The molecule has 2 rings (SSSR count). The van der Waals surface area contributed by atoms with Gasteiger partial charge < -0.3 is 15.0 Å². The topological polar surface area (TPSA) is 41.6 Å². The summed E-state index contributed by atoms with van der Waals surface area (Å²) < 4.78 is 5.14. The molecule has 0 aromatic heterocycles. The average Bonchev–Trinajstić information content (AvgIpc) is 2.39. The zero-order valence-corrected chi connectivity index (χ0v) is 11.0. The van der Waals surface area contributed by atoms with Crippen molar-refractivity contribution < 1.29 is 9.53 Å². The van der Waals surface area contributed by atoms with Gasteiger partial charge in [0, 0.05) is 19.1 Å². The maximum atomic E-state index is 11.7. The first-order valence-electron chi connectivity index (χ1n) is 6.30. The molecule has 1 fully saturated rings. The molecule has 4 nitrogen and oxygen atoms in total. The first-order chi connectivity index (χ1) is 8.70. The van der Waals surface area contributed by atoms with Gasteiger partial charge in [0.25, 0.3) is 0 Å². The fourth-order valence-electron chi connectivity index (χ4n) is 2.13. The Labute approximate surface area is 108 Å². The molecule has 1 atom stereocenters. The molecule has 1 aliphatic rings. The smallest absolute Gasteiger partial charge is 0.248 e. The van der Waals surface area contributed by atoms with Crippen LogP contribution >= 0.6 is 0 Å². The summed E-state index contributed by atoms with van der Waals surface area (Å²) in [4.78, 5) is 13.6. The predicted octanol–water partition coefficient (Wildman–Crippen LogP) is 1.11. The van der Waals surface area contributed by atoms with Crippen LogP contribution < -0.4 is 5.32 Å². The van der Waals surface area contributed by atoms with Crippen molar-refractivity contribution in [3.63, 3.8) is 0 Å². The van der Waals surface area contributed by atoms with Crippen LogP contribution in [0.3, 0.4) is 0 Å². The molecule has 0 bridgehead atoms. The van der Waals surface area contributed by atoms with Crippen LogP contribution in [0.1, 0.15) is 17.2 Å². The van der Waals surface area contributed by atoms with Crippen LogP contribution in [0.25, 0.3) is 0 Å². The highest BCUT2D eigenvalue weighted by Crippen LogP contribution is 2.16. The summed E-state index contributed by atoms with van der Waals surface area (Å²) >= 11 is 0. The standard InChI is InChI=1S/C14H20N2O2/c1-11-3-5-12(6-4-11)13(15-2)9-16-7-8-18-10-14(16)17/h3-6,13,15H,7-10H2,1-2H3. The lowest BCUT2D eigenvalue weighted by atomic mass is 10.0. The molecule has 1 aromatic carbocycles. The molecular weight excluding hydrogens is 228 g/mol. The Morgan fingerprint density at radius 2 is 2.11 bits per heavy atom. The number of aryl methyl sites for hydroxylation is 1. The molecule has 0 radical (unpaired) electrons. The van der Waals surface area contributed by atoms with Gasteiger partial charge in [-0.15, -0.1) is 0 Å². The van der Waals surface area contributed by atoms with E-state index in [0.29, 0.717) is 19.7 Å². The Balaban J connectivity index is 2.04. The maximum Gasteiger partial charge on any atom is 0.248 e. The van der Waals surface area contributed by atoms with Gasteiger partial charge in [0.1, 0.15) is 6.61 Å². The van der Waals surface area contributed by atoms with Gasteiger partial charge in [0.15, 0.2) is 0 Å². The van der Waals surface area contributed by atoms with Gasteiger partial charge in [0.2, 0.25) is 5.91 Å². The third-order valence-corrected chi connectivity index (χ3v) is 3.31. The summed E-state index contributed by atoms with van der Waals surface area (Å²) in [6.45, 7) is 4.30. The summed E-state index contributed by atoms with van der Waals surface area (Å²) in [5.41, 5.74) is 2.46. The lowest BCUT2D eigenvalue weighted by molar-refractivity contribution is -0.143. The number of nitrogens with zero attached hydrogens (tertiary/aromatic N) is 1. The Bertz CT molecular complexity index is 403. The number of morpholine rings is 1. The van der Waals surface area contributed by atoms with E-state index in [9.17, 15) is 4.79 Å². The van der Waals surface area contributed by atoms with Crippen molar-refractivity contribution in [2.75, 3.05) is 33.4 Å². The lowest BCUT2D eigenvalue weighted by Crippen LogP contribution is -2.45. The number of carbonyl (C=O) groups is 1. The van der Waals surface area contributed by atoms with Gasteiger partial charge in [-0.3, -0.25) is 4.79 Å². The van der Waals surface area contributed by atoms with Crippen molar-refractivity contribution >= 4 is 5.91 Å². The minimum Gasteiger partial charge on any atom is -0.370 e. The second kappa shape index (κ2) is 5.98. The Morgan fingerprint density at radius 3 is 2.72 bits per heavy atom. The van der Waals surface area contributed by atoms with E-state index in [1.165, 1.54) is 11.1 Å². The van der Waals surface area contributed by atoms with Crippen molar-refractivity contribution in [1.29, 1.82) is 0 Å². The molecule has 98 valence electrons. The van der Waals surface area contributed by atoms with Crippen LogP contribution in [-0.2, 0) is 9.53 Å². The van der Waals surface area contributed by atoms with Crippen LogP contribution in [0.15, 0.2) is 24.3 Å². The molecule has 1 unspecified atom stereocenters. The summed E-state index contributed by atoms with van der Waals surface area (Å²) in [5.74, 6) is 0.0774. The largest absolute Gasteiger partial charge is 0.370 e. The zero-order valence-electron chi connectivity index (χ0n) is 11.0. The molecule has 4 heteroatoms. The number of hydrogen-bond donors (Lipinski definition) is 1. The molecule has 1 heterocycles. The molecule has 0 saturated carbocycles. The SMILES string of the molecule is CNC(CN1CCOCC1=O)c1ccc(C)cc1. The highest BCUT2D eigenvalue weighted by molar-refractivity contribution is 5.78. The number of hydrogen-bond acceptors (Lipinski definition) is 3. The molecule has 1 aliphatic heterocycles. The number of benzene rings is 1. The van der Waals surface area contributed by atoms with Gasteiger partial charge in [-0.1, -0.05) is 29.8 Å². The monoisotopic (exact) mass is 248 g/mol. The van der Waals surface area contributed by atoms with E-state index in [-0.39, 0.29) is 18.6 Å². The first-order valence-corrected chi connectivity index (χ1v) is 6.30. The Kier molecular flexibility index (Phi) is 4.33. The molecule has 18 heavy (non-hydrogen) atoms. The summed E-state index contributed by atoms with van der Waals surface area (Å²) in [5, 5.41) is 3.27. The normalized spacial score (nSPS) is 17.9. The van der Waals surface area contributed by atoms with Gasteiger partial charge >= 0.3 is 0 Å². The third-order valence-electron chi connectivity index (χ3n) is 3.31. The van der Waals surface area contributed by atoms with Crippen LogP contribution in [0, 0.1) is 6.92 Å².